The van der Waals surface area contributed by atoms with Crippen molar-refractivity contribution < 1.29 is 9.47 Å². The maximum Gasteiger partial charge on any atom is 0.223 e. The minimum Gasteiger partial charge on any atom is -0.439 e. The van der Waals surface area contributed by atoms with E-state index in [9.17, 15) is 0 Å². The molecule has 0 fully saturated rings. The van der Waals surface area contributed by atoms with Crippen LogP contribution in [-0.2, 0) is 11.3 Å². The van der Waals surface area contributed by atoms with E-state index in [0.717, 1.165) is 12.1 Å². The van der Waals surface area contributed by atoms with Gasteiger partial charge in [-0.25, -0.2) is 4.98 Å². The van der Waals surface area contributed by atoms with Crippen LogP contribution >= 0.6 is 23.2 Å². The SMILES string of the molecule is COCCNCc1cccnc1Oc1ccc(Cl)c(Cl)c1. The van der Waals surface area contributed by atoms with Gasteiger partial charge in [-0.15, -0.1) is 0 Å². The number of nitrogens with one attached hydrogen (secondary N) is 1. The third-order valence-corrected chi connectivity index (χ3v) is 3.49. The van der Waals surface area contributed by atoms with Crippen LogP contribution in [0.2, 0.25) is 10.0 Å². The van der Waals surface area contributed by atoms with Crippen LogP contribution in [0.4, 0.5) is 0 Å². The van der Waals surface area contributed by atoms with E-state index in [0.29, 0.717) is 34.8 Å². The molecule has 0 saturated carbocycles. The third-order valence-electron chi connectivity index (χ3n) is 2.75. The molecule has 112 valence electrons. The Morgan fingerprint density at radius 2 is 2.05 bits per heavy atom. The predicted octanol–water partition coefficient (Wildman–Crippen LogP) is 3.92. The first-order valence-electron chi connectivity index (χ1n) is 6.47. The fourth-order valence-corrected chi connectivity index (χ4v) is 1.99. The smallest absolute Gasteiger partial charge is 0.223 e. The summed E-state index contributed by atoms with van der Waals surface area (Å²) in [6.07, 6.45) is 1.69. The van der Waals surface area contributed by atoms with E-state index in [4.69, 9.17) is 32.7 Å². The van der Waals surface area contributed by atoms with Crippen molar-refractivity contribution in [3.8, 4) is 11.6 Å². The quantitative estimate of drug-likeness (QED) is 0.783. The molecule has 0 saturated heterocycles. The van der Waals surface area contributed by atoms with Gasteiger partial charge in [-0.2, -0.15) is 0 Å². The molecule has 1 heterocycles. The fraction of sp³-hybridized carbons (Fsp3) is 0.267. The topological polar surface area (TPSA) is 43.4 Å². The second kappa shape index (κ2) is 8.20. The van der Waals surface area contributed by atoms with E-state index in [1.807, 2.05) is 12.1 Å². The summed E-state index contributed by atoms with van der Waals surface area (Å²) in [6, 6.07) is 8.94. The molecule has 6 heteroatoms. The van der Waals surface area contributed by atoms with E-state index >= 15 is 0 Å². The van der Waals surface area contributed by atoms with Gasteiger partial charge in [-0.05, 0) is 18.2 Å². The molecule has 0 spiro atoms. The molecule has 0 radical (unpaired) electrons. The van der Waals surface area contributed by atoms with Crippen molar-refractivity contribution in [1.82, 2.24) is 10.3 Å². The Hall–Kier alpha value is -1.33. The van der Waals surface area contributed by atoms with Crippen LogP contribution in [0.15, 0.2) is 36.5 Å². The molecule has 2 aromatic rings. The number of hydrogen-bond donors (Lipinski definition) is 1. The van der Waals surface area contributed by atoms with E-state index in [-0.39, 0.29) is 0 Å². The van der Waals surface area contributed by atoms with Crippen LogP contribution in [0.3, 0.4) is 0 Å². The Morgan fingerprint density at radius 1 is 1.19 bits per heavy atom. The van der Waals surface area contributed by atoms with Crippen molar-refractivity contribution in [3.63, 3.8) is 0 Å². The maximum absolute atomic E-state index is 5.98. The molecular weight excluding hydrogens is 311 g/mol. The molecule has 0 aliphatic rings. The van der Waals surface area contributed by atoms with Crippen molar-refractivity contribution in [3.05, 3.63) is 52.1 Å². The van der Waals surface area contributed by atoms with Gasteiger partial charge >= 0.3 is 0 Å². The molecule has 2 rings (SSSR count). The number of aromatic nitrogens is 1. The van der Waals surface area contributed by atoms with Gasteiger partial charge in [0, 0.05) is 38.0 Å². The van der Waals surface area contributed by atoms with Gasteiger partial charge in [0.2, 0.25) is 5.88 Å². The van der Waals surface area contributed by atoms with Gasteiger partial charge in [-0.3, -0.25) is 0 Å². The highest BCUT2D eigenvalue weighted by Crippen LogP contribution is 2.29. The highest BCUT2D eigenvalue weighted by molar-refractivity contribution is 6.42. The summed E-state index contributed by atoms with van der Waals surface area (Å²) in [5.41, 5.74) is 0.958. The second-order valence-electron chi connectivity index (χ2n) is 4.32. The molecule has 1 N–H and O–H groups in total. The molecular formula is C15H16Cl2N2O2. The highest BCUT2D eigenvalue weighted by Gasteiger charge is 2.07. The number of pyridine rings is 1. The molecule has 0 unspecified atom stereocenters. The number of halogens is 2. The van der Waals surface area contributed by atoms with Crippen LogP contribution in [0.25, 0.3) is 0 Å². The number of hydrogen-bond acceptors (Lipinski definition) is 4. The van der Waals surface area contributed by atoms with Crippen LogP contribution in [0.5, 0.6) is 11.6 Å². The lowest BCUT2D eigenvalue weighted by molar-refractivity contribution is 0.199. The number of benzene rings is 1. The average Bonchev–Trinajstić information content (AvgIpc) is 2.49. The summed E-state index contributed by atoms with van der Waals surface area (Å²) in [6.45, 7) is 2.06. The minimum absolute atomic E-state index is 0.449. The zero-order valence-electron chi connectivity index (χ0n) is 11.6. The van der Waals surface area contributed by atoms with Gasteiger partial charge in [0.05, 0.1) is 16.7 Å². The van der Waals surface area contributed by atoms with Crippen molar-refractivity contribution >= 4 is 23.2 Å². The van der Waals surface area contributed by atoms with Crippen LogP contribution in [0, 0.1) is 0 Å². The molecule has 0 amide bonds. The molecule has 0 atom stereocenters. The molecule has 0 bridgehead atoms. The van der Waals surface area contributed by atoms with Gasteiger partial charge < -0.3 is 14.8 Å². The van der Waals surface area contributed by atoms with Crippen molar-refractivity contribution in [1.29, 1.82) is 0 Å². The Labute approximate surface area is 134 Å². The van der Waals surface area contributed by atoms with E-state index in [1.165, 1.54) is 0 Å². The first-order valence-corrected chi connectivity index (χ1v) is 7.22. The maximum atomic E-state index is 5.98. The third kappa shape index (κ3) is 4.86. The minimum atomic E-state index is 0.449. The number of nitrogens with zero attached hydrogens (tertiary/aromatic N) is 1. The first kappa shape index (κ1) is 16.0. The van der Waals surface area contributed by atoms with Gasteiger partial charge in [0.15, 0.2) is 0 Å². The van der Waals surface area contributed by atoms with Crippen molar-refractivity contribution in [2.24, 2.45) is 0 Å². The van der Waals surface area contributed by atoms with Gasteiger partial charge in [-0.1, -0.05) is 29.3 Å². The lowest BCUT2D eigenvalue weighted by atomic mass is 10.2. The largest absolute Gasteiger partial charge is 0.439 e. The number of methoxy groups -OCH3 is 1. The molecule has 0 aliphatic heterocycles. The zero-order chi connectivity index (χ0) is 15.1. The summed E-state index contributed by atoms with van der Waals surface area (Å²) in [5, 5.41) is 4.20. The summed E-state index contributed by atoms with van der Waals surface area (Å²) >= 11 is 11.9. The van der Waals surface area contributed by atoms with Gasteiger partial charge in [0.25, 0.3) is 0 Å². The molecule has 1 aromatic heterocycles. The Balaban J connectivity index is 2.06. The lowest BCUT2D eigenvalue weighted by Gasteiger charge is -2.11. The fourth-order valence-electron chi connectivity index (χ4n) is 1.70. The molecule has 1 aromatic carbocycles. The Bertz CT molecular complexity index is 594. The predicted molar refractivity (Wildman–Crippen MR) is 84.4 cm³/mol. The molecule has 21 heavy (non-hydrogen) atoms. The summed E-state index contributed by atoms with van der Waals surface area (Å²) in [5.74, 6) is 1.14. The van der Waals surface area contributed by atoms with Crippen LogP contribution in [0.1, 0.15) is 5.56 Å². The van der Waals surface area contributed by atoms with E-state index < -0.39 is 0 Å². The van der Waals surface area contributed by atoms with E-state index in [2.05, 4.69) is 10.3 Å². The van der Waals surface area contributed by atoms with Crippen LogP contribution < -0.4 is 10.1 Å². The zero-order valence-corrected chi connectivity index (χ0v) is 13.1. The molecule has 4 nitrogen and oxygen atoms in total. The van der Waals surface area contributed by atoms with Crippen molar-refractivity contribution in [2.45, 2.75) is 6.54 Å². The van der Waals surface area contributed by atoms with Gasteiger partial charge in [0.1, 0.15) is 5.75 Å². The second-order valence-corrected chi connectivity index (χ2v) is 5.13. The average molecular weight is 327 g/mol. The highest BCUT2D eigenvalue weighted by atomic mass is 35.5. The summed E-state index contributed by atoms with van der Waals surface area (Å²) in [7, 11) is 1.67. The Kier molecular flexibility index (Phi) is 6.26. The standard InChI is InChI=1S/C15H16Cl2N2O2/c1-20-8-7-18-10-11-3-2-6-19-15(11)21-12-4-5-13(16)14(17)9-12/h2-6,9,18H,7-8,10H2,1H3. The van der Waals surface area contributed by atoms with E-state index in [1.54, 1.807) is 31.5 Å². The summed E-state index contributed by atoms with van der Waals surface area (Å²) < 4.78 is 10.8. The number of rotatable bonds is 7. The molecule has 0 aliphatic carbocycles. The van der Waals surface area contributed by atoms with Crippen molar-refractivity contribution in [2.75, 3.05) is 20.3 Å². The summed E-state index contributed by atoms with van der Waals surface area (Å²) in [4.78, 5) is 4.26. The number of ether oxygens (including phenoxy) is 2. The first-order chi connectivity index (χ1) is 10.2. The lowest BCUT2D eigenvalue weighted by Crippen LogP contribution is -2.19. The monoisotopic (exact) mass is 326 g/mol. The normalized spacial score (nSPS) is 10.6. The van der Waals surface area contributed by atoms with Crippen LogP contribution in [-0.4, -0.2) is 25.2 Å². The Morgan fingerprint density at radius 3 is 2.81 bits per heavy atom.